The second kappa shape index (κ2) is 5.79. The Hall–Kier alpha value is -1.66. The molecule has 0 aromatic carbocycles. The van der Waals surface area contributed by atoms with E-state index < -0.39 is 0 Å². The molecule has 1 heterocycles. The van der Waals surface area contributed by atoms with E-state index in [2.05, 4.69) is 15.7 Å². The number of methoxy groups -OCH3 is 1. The lowest BCUT2D eigenvalue weighted by Crippen LogP contribution is -2.40. The smallest absolute Gasteiger partial charge is 0.251 e. The summed E-state index contributed by atoms with van der Waals surface area (Å²) in [5.74, 6) is 5.61. The number of hydrogen-bond acceptors (Lipinski definition) is 5. The second-order valence-corrected chi connectivity index (χ2v) is 4.36. The molecule has 4 N–H and O–H groups in total. The fourth-order valence-corrected chi connectivity index (χ4v) is 2.28. The van der Waals surface area contributed by atoms with Crippen LogP contribution in [0.15, 0.2) is 18.3 Å². The van der Waals surface area contributed by atoms with Gasteiger partial charge in [-0.25, -0.2) is 10.8 Å². The average Bonchev–Trinajstić information content (AvgIpc) is 2.86. The number of nitrogens with one attached hydrogen (secondary N) is 2. The van der Waals surface area contributed by atoms with Gasteiger partial charge in [0, 0.05) is 18.9 Å². The van der Waals surface area contributed by atoms with Gasteiger partial charge in [0.15, 0.2) is 0 Å². The Kier molecular flexibility index (Phi) is 4.11. The fraction of sp³-hybridized carbons (Fsp3) is 0.500. The maximum atomic E-state index is 12.1. The van der Waals surface area contributed by atoms with Crippen LogP contribution in [0.3, 0.4) is 0 Å². The number of nitrogens with two attached hydrogens (primary N) is 1. The topological polar surface area (TPSA) is 89.3 Å². The molecule has 6 nitrogen and oxygen atoms in total. The van der Waals surface area contributed by atoms with Gasteiger partial charge < -0.3 is 15.5 Å². The highest BCUT2D eigenvalue weighted by Gasteiger charge is 2.28. The Morgan fingerprint density at radius 2 is 2.39 bits per heavy atom. The molecular weight excluding hydrogens is 232 g/mol. The monoisotopic (exact) mass is 250 g/mol. The summed E-state index contributed by atoms with van der Waals surface area (Å²) in [6, 6.07) is 3.36. The third kappa shape index (κ3) is 2.77. The zero-order valence-corrected chi connectivity index (χ0v) is 10.3. The predicted octanol–water partition coefficient (Wildman–Crippen LogP) is 0.664. The minimum Gasteiger partial charge on any atom is -0.379 e. The second-order valence-electron chi connectivity index (χ2n) is 4.36. The van der Waals surface area contributed by atoms with E-state index in [0.29, 0.717) is 11.4 Å². The molecule has 0 saturated heterocycles. The first-order chi connectivity index (χ1) is 8.74. The number of nitrogen functional groups attached to an aromatic ring is 1. The summed E-state index contributed by atoms with van der Waals surface area (Å²) in [6.45, 7) is 0. The molecule has 98 valence electrons. The van der Waals surface area contributed by atoms with E-state index >= 15 is 0 Å². The number of ether oxygens (including phenoxy) is 1. The molecule has 1 aromatic rings. The normalized spacial score (nSPS) is 22.8. The number of aromatic nitrogens is 1. The Bertz CT molecular complexity index is 424. The molecule has 6 heteroatoms. The number of rotatable bonds is 4. The van der Waals surface area contributed by atoms with E-state index in [0.717, 1.165) is 19.3 Å². The number of hydrazine groups is 1. The van der Waals surface area contributed by atoms with Gasteiger partial charge in [0.2, 0.25) is 0 Å². The average molecular weight is 250 g/mol. The first-order valence-electron chi connectivity index (χ1n) is 6.01. The van der Waals surface area contributed by atoms with Gasteiger partial charge in [0.25, 0.3) is 5.91 Å². The van der Waals surface area contributed by atoms with Gasteiger partial charge in [-0.3, -0.25) is 4.79 Å². The Morgan fingerprint density at radius 1 is 1.56 bits per heavy atom. The first kappa shape index (κ1) is 12.8. The van der Waals surface area contributed by atoms with Crippen LogP contribution in [0.25, 0.3) is 0 Å². The van der Waals surface area contributed by atoms with Crippen molar-refractivity contribution < 1.29 is 9.53 Å². The van der Waals surface area contributed by atoms with Crippen molar-refractivity contribution in [3.8, 4) is 0 Å². The van der Waals surface area contributed by atoms with Crippen molar-refractivity contribution >= 4 is 11.7 Å². The van der Waals surface area contributed by atoms with Crippen LogP contribution in [-0.2, 0) is 4.74 Å². The van der Waals surface area contributed by atoms with Crippen molar-refractivity contribution in [3.05, 3.63) is 23.9 Å². The van der Waals surface area contributed by atoms with Crippen LogP contribution in [0.5, 0.6) is 0 Å². The zero-order valence-electron chi connectivity index (χ0n) is 10.3. The largest absolute Gasteiger partial charge is 0.379 e. The quantitative estimate of drug-likeness (QED) is 0.539. The molecule has 1 amide bonds. The lowest BCUT2D eigenvalue weighted by Gasteiger charge is -2.19. The van der Waals surface area contributed by atoms with E-state index in [1.165, 1.54) is 0 Å². The molecule has 1 fully saturated rings. The number of amides is 1. The standard InChI is InChI=1S/C12H18N4O2/c1-18-10-4-2-3-9(10)15-12(17)8-5-6-14-11(7-8)16-13/h5-7,9-10H,2-4,13H2,1H3,(H,14,16)(H,15,17). The summed E-state index contributed by atoms with van der Waals surface area (Å²) in [5, 5.41) is 2.99. The molecule has 1 aliphatic rings. The minimum atomic E-state index is -0.122. The summed E-state index contributed by atoms with van der Waals surface area (Å²) in [6.07, 6.45) is 4.69. The highest BCUT2D eigenvalue weighted by molar-refractivity contribution is 5.95. The molecule has 0 aliphatic heterocycles. The molecule has 0 spiro atoms. The predicted molar refractivity (Wildman–Crippen MR) is 67.9 cm³/mol. The summed E-state index contributed by atoms with van der Waals surface area (Å²) in [4.78, 5) is 16.0. The van der Waals surface area contributed by atoms with E-state index in [9.17, 15) is 4.79 Å². The zero-order chi connectivity index (χ0) is 13.0. The van der Waals surface area contributed by atoms with Gasteiger partial charge in [-0.15, -0.1) is 0 Å². The van der Waals surface area contributed by atoms with Crippen molar-refractivity contribution in [1.29, 1.82) is 0 Å². The number of carbonyl (C=O) groups excluding carboxylic acids is 1. The van der Waals surface area contributed by atoms with Gasteiger partial charge in [-0.1, -0.05) is 0 Å². The summed E-state index contributed by atoms with van der Waals surface area (Å²) >= 11 is 0. The number of nitrogens with zero attached hydrogens (tertiary/aromatic N) is 1. The number of anilines is 1. The van der Waals surface area contributed by atoms with Crippen LogP contribution in [0.2, 0.25) is 0 Å². The third-order valence-electron chi connectivity index (χ3n) is 3.24. The molecule has 0 bridgehead atoms. The van der Waals surface area contributed by atoms with Crippen LogP contribution >= 0.6 is 0 Å². The molecule has 18 heavy (non-hydrogen) atoms. The molecule has 0 radical (unpaired) electrons. The molecule has 1 aliphatic carbocycles. The number of hydrogen-bond donors (Lipinski definition) is 3. The Labute approximate surface area is 106 Å². The summed E-state index contributed by atoms with van der Waals surface area (Å²) in [7, 11) is 1.68. The molecule has 2 unspecified atom stereocenters. The van der Waals surface area contributed by atoms with E-state index in [1.54, 1.807) is 25.4 Å². The third-order valence-corrected chi connectivity index (χ3v) is 3.24. The van der Waals surface area contributed by atoms with Gasteiger partial charge in [0.05, 0.1) is 12.1 Å². The highest BCUT2D eigenvalue weighted by atomic mass is 16.5. The summed E-state index contributed by atoms with van der Waals surface area (Å²) < 4.78 is 5.35. The Balaban J connectivity index is 2.02. The van der Waals surface area contributed by atoms with Crippen LogP contribution in [0.4, 0.5) is 5.82 Å². The molecule has 2 rings (SSSR count). The van der Waals surface area contributed by atoms with Crippen molar-refractivity contribution in [2.45, 2.75) is 31.4 Å². The summed E-state index contributed by atoms with van der Waals surface area (Å²) in [5.41, 5.74) is 2.96. The maximum absolute atomic E-state index is 12.1. The first-order valence-corrected chi connectivity index (χ1v) is 6.01. The number of carbonyl (C=O) groups is 1. The fourth-order valence-electron chi connectivity index (χ4n) is 2.28. The Morgan fingerprint density at radius 3 is 3.11 bits per heavy atom. The number of pyridine rings is 1. The van der Waals surface area contributed by atoms with Crippen LogP contribution < -0.4 is 16.6 Å². The SMILES string of the molecule is COC1CCCC1NC(=O)c1ccnc(NN)c1. The van der Waals surface area contributed by atoms with Crippen molar-refractivity contribution in [2.24, 2.45) is 5.84 Å². The van der Waals surface area contributed by atoms with Crippen LogP contribution in [-0.4, -0.2) is 30.1 Å². The van der Waals surface area contributed by atoms with Gasteiger partial charge in [-0.2, -0.15) is 0 Å². The van der Waals surface area contributed by atoms with Crippen LogP contribution in [0, 0.1) is 0 Å². The van der Waals surface area contributed by atoms with Crippen molar-refractivity contribution in [2.75, 3.05) is 12.5 Å². The van der Waals surface area contributed by atoms with Gasteiger partial charge >= 0.3 is 0 Å². The van der Waals surface area contributed by atoms with Crippen LogP contribution in [0.1, 0.15) is 29.6 Å². The molecule has 1 saturated carbocycles. The van der Waals surface area contributed by atoms with Gasteiger partial charge in [0.1, 0.15) is 5.82 Å². The van der Waals surface area contributed by atoms with E-state index in [1.807, 2.05) is 0 Å². The lowest BCUT2D eigenvalue weighted by atomic mass is 10.2. The van der Waals surface area contributed by atoms with E-state index in [4.69, 9.17) is 10.6 Å². The highest BCUT2D eigenvalue weighted by Crippen LogP contribution is 2.21. The van der Waals surface area contributed by atoms with E-state index in [-0.39, 0.29) is 18.1 Å². The molecule has 1 aromatic heterocycles. The van der Waals surface area contributed by atoms with Crippen molar-refractivity contribution in [3.63, 3.8) is 0 Å². The van der Waals surface area contributed by atoms with Crippen molar-refractivity contribution in [1.82, 2.24) is 10.3 Å². The lowest BCUT2D eigenvalue weighted by molar-refractivity contribution is 0.0722. The van der Waals surface area contributed by atoms with Gasteiger partial charge in [-0.05, 0) is 31.4 Å². The molecule has 2 atom stereocenters. The molecular formula is C12H18N4O2. The minimum absolute atomic E-state index is 0.0879. The maximum Gasteiger partial charge on any atom is 0.251 e.